The molecule has 1 unspecified atom stereocenters. The summed E-state index contributed by atoms with van der Waals surface area (Å²) in [5, 5.41) is 0. The second-order valence-electron chi connectivity index (χ2n) is 4.77. The van der Waals surface area contributed by atoms with Crippen molar-refractivity contribution < 1.29 is 0 Å². The smallest absolute Gasteiger partial charge is 0.0314 e. The molecule has 1 atom stereocenters. The summed E-state index contributed by atoms with van der Waals surface area (Å²) in [6, 6.07) is 8.19. The summed E-state index contributed by atoms with van der Waals surface area (Å²) < 4.78 is 0. The van der Waals surface area contributed by atoms with Crippen molar-refractivity contribution in [2.24, 2.45) is 5.92 Å². The van der Waals surface area contributed by atoms with Gasteiger partial charge in [-0.25, -0.2) is 0 Å². The SMILES string of the molecule is CCC(C)CN(C)CCc1ccc(N)cc1. The Hall–Kier alpha value is -1.02. The molecule has 0 fully saturated rings. The normalized spacial score (nSPS) is 13.0. The van der Waals surface area contributed by atoms with Gasteiger partial charge in [-0.15, -0.1) is 0 Å². The van der Waals surface area contributed by atoms with Crippen molar-refractivity contribution in [2.75, 3.05) is 25.9 Å². The van der Waals surface area contributed by atoms with E-state index in [-0.39, 0.29) is 0 Å². The molecule has 0 aliphatic carbocycles. The molecule has 0 saturated carbocycles. The first kappa shape index (κ1) is 13.0. The molecule has 1 aromatic rings. The van der Waals surface area contributed by atoms with Crippen LogP contribution in [0.1, 0.15) is 25.8 Å². The first-order chi connectivity index (χ1) is 7.61. The molecule has 90 valence electrons. The predicted molar refractivity (Wildman–Crippen MR) is 71.5 cm³/mol. The van der Waals surface area contributed by atoms with Crippen LogP contribution in [-0.4, -0.2) is 25.0 Å². The minimum atomic E-state index is 0.788. The van der Waals surface area contributed by atoms with E-state index in [0.717, 1.165) is 24.6 Å². The van der Waals surface area contributed by atoms with E-state index in [1.165, 1.54) is 18.5 Å². The highest BCUT2D eigenvalue weighted by Gasteiger charge is 2.04. The van der Waals surface area contributed by atoms with Crippen molar-refractivity contribution in [2.45, 2.75) is 26.7 Å². The average Bonchev–Trinajstić information content (AvgIpc) is 2.28. The summed E-state index contributed by atoms with van der Waals surface area (Å²) in [4.78, 5) is 2.41. The summed E-state index contributed by atoms with van der Waals surface area (Å²) >= 11 is 0. The number of likely N-dealkylation sites (N-methyl/N-ethyl adjacent to an activating group) is 1. The van der Waals surface area contributed by atoms with Crippen LogP contribution in [0.3, 0.4) is 0 Å². The van der Waals surface area contributed by atoms with Crippen molar-refractivity contribution in [3.05, 3.63) is 29.8 Å². The zero-order chi connectivity index (χ0) is 12.0. The van der Waals surface area contributed by atoms with E-state index in [2.05, 4.69) is 37.9 Å². The highest BCUT2D eigenvalue weighted by atomic mass is 15.1. The van der Waals surface area contributed by atoms with Crippen molar-refractivity contribution in [3.8, 4) is 0 Å². The van der Waals surface area contributed by atoms with Crippen molar-refractivity contribution in [3.63, 3.8) is 0 Å². The number of nitrogens with zero attached hydrogens (tertiary/aromatic N) is 1. The highest BCUT2D eigenvalue weighted by molar-refractivity contribution is 5.39. The molecule has 2 N–H and O–H groups in total. The predicted octanol–water partition coefficient (Wildman–Crippen LogP) is 2.79. The van der Waals surface area contributed by atoms with E-state index >= 15 is 0 Å². The molecule has 16 heavy (non-hydrogen) atoms. The van der Waals surface area contributed by atoms with E-state index in [1.54, 1.807) is 0 Å². The topological polar surface area (TPSA) is 29.3 Å². The number of nitrogen functional groups attached to an aromatic ring is 1. The molecule has 0 aliphatic heterocycles. The van der Waals surface area contributed by atoms with Gasteiger partial charge in [0.1, 0.15) is 0 Å². The van der Waals surface area contributed by atoms with E-state index in [1.807, 2.05) is 12.1 Å². The van der Waals surface area contributed by atoms with E-state index in [9.17, 15) is 0 Å². The lowest BCUT2D eigenvalue weighted by atomic mass is 10.1. The van der Waals surface area contributed by atoms with Crippen LogP contribution < -0.4 is 5.73 Å². The summed E-state index contributed by atoms with van der Waals surface area (Å²) in [6.45, 7) is 6.86. The van der Waals surface area contributed by atoms with Gasteiger partial charge in [0.25, 0.3) is 0 Å². The Morgan fingerprint density at radius 3 is 2.44 bits per heavy atom. The van der Waals surface area contributed by atoms with Crippen LogP contribution in [0.5, 0.6) is 0 Å². The third-order valence-electron chi connectivity index (χ3n) is 3.08. The molecule has 0 bridgehead atoms. The molecule has 2 heteroatoms. The zero-order valence-electron chi connectivity index (χ0n) is 10.7. The lowest BCUT2D eigenvalue weighted by Gasteiger charge is -2.20. The highest BCUT2D eigenvalue weighted by Crippen LogP contribution is 2.08. The molecule has 2 nitrogen and oxygen atoms in total. The Balaban J connectivity index is 2.31. The van der Waals surface area contributed by atoms with Gasteiger partial charge < -0.3 is 10.6 Å². The largest absolute Gasteiger partial charge is 0.399 e. The summed E-state index contributed by atoms with van der Waals surface area (Å²) in [7, 11) is 2.20. The van der Waals surface area contributed by atoms with Crippen molar-refractivity contribution in [1.82, 2.24) is 4.90 Å². The van der Waals surface area contributed by atoms with Gasteiger partial charge in [0, 0.05) is 18.8 Å². The third-order valence-corrected chi connectivity index (χ3v) is 3.08. The number of benzene rings is 1. The molecule has 1 rings (SSSR count). The second kappa shape index (κ2) is 6.54. The number of nitrogens with two attached hydrogens (primary N) is 1. The molecule has 0 radical (unpaired) electrons. The summed E-state index contributed by atoms with van der Waals surface area (Å²) in [6.07, 6.45) is 2.36. The molecule has 0 aromatic heterocycles. The minimum Gasteiger partial charge on any atom is -0.399 e. The summed E-state index contributed by atoms with van der Waals surface area (Å²) in [5.74, 6) is 0.788. The molecule has 0 aliphatic rings. The Morgan fingerprint density at radius 1 is 1.25 bits per heavy atom. The fourth-order valence-electron chi connectivity index (χ4n) is 1.76. The molecule has 0 spiro atoms. The van der Waals surface area contributed by atoms with Gasteiger partial charge >= 0.3 is 0 Å². The molecule has 1 aromatic carbocycles. The fourth-order valence-corrected chi connectivity index (χ4v) is 1.76. The number of hydrogen-bond acceptors (Lipinski definition) is 2. The maximum absolute atomic E-state index is 5.66. The minimum absolute atomic E-state index is 0.788. The standard InChI is InChI=1S/C14H24N2/c1-4-12(2)11-16(3)10-9-13-5-7-14(15)8-6-13/h5-8,12H,4,9-11,15H2,1-3H3. The first-order valence-electron chi connectivity index (χ1n) is 6.14. The fraction of sp³-hybridized carbons (Fsp3) is 0.571. The van der Waals surface area contributed by atoms with Gasteiger partial charge in [-0.3, -0.25) is 0 Å². The molecular formula is C14H24N2. The Bertz CT molecular complexity index is 292. The van der Waals surface area contributed by atoms with E-state index in [4.69, 9.17) is 5.73 Å². The van der Waals surface area contributed by atoms with Gasteiger partial charge in [-0.05, 0) is 37.1 Å². The lowest BCUT2D eigenvalue weighted by molar-refractivity contribution is 0.285. The Morgan fingerprint density at radius 2 is 1.88 bits per heavy atom. The van der Waals surface area contributed by atoms with Crippen molar-refractivity contribution >= 4 is 5.69 Å². The first-order valence-corrected chi connectivity index (χ1v) is 6.14. The van der Waals surface area contributed by atoms with Crippen LogP contribution in [0.4, 0.5) is 5.69 Å². The van der Waals surface area contributed by atoms with Crippen molar-refractivity contribution in [1.29, 1.82) is 0 Å². The summed E-state index contributed by atoms with van der Waals surface area (Å²) in [5.41, 5.74) is 7.87. The molecule has 0 saturated heterocycles. The second-order valence-corrected chi connectivity index (χ2v) is 4.77. The Labute approximate surface area is 99.5 Å². The maximum atomic E-state index is 5.66. The number of hydrogen-bond donors (Lipinski definition) is 1. The number of rotatable bonds is 6. The van der Waals surface area contributed by atoms with Crippen LogP contribution in [0.2, 0.25) is 0 Å². The van der Waals surface area contributed by atoms with E-state index < -0.39 is 0 Å². The van der Waals surface area contributed by atoms with Crippen LogP contribution in [-0.2, 0) is 6.42 Å². The molecular weight excluding hydrogens is 196 g/mol. The maximum Gasteiger partial charge on any atom is 0.0314 e. The lowest BCUT2D eigenvalue weighted by Crippen LogP contribution is -2.26. The monoisotopic (exact) mass is 220 g/mol. The van der Waals surface area contributed by atoms with Gasteiger partial charge in [0.05, 0.1) is 0 Å². The van der Waals surface area contributed by atoms with Gasteiger partial charge in [0.15, 0.2) is 0 Å². The average molecular weight is 220 g/mol. The van der Waals surface area contributed by atoms with E-state index in [0.29, 0.717) is 0 Å². The number of anilines is 1. The van der Waals surface area contributed by atoms with Gasteiger partial charge in [-0.1, -0.05) is 32.4 Å². The van der Waals surface area contributed by atoms with Gasteiger partial charge in [-0.2, -0.15) is 0 Å². The van der Waals surface area contributed by atoms with Crippen LogP contribution >= 0.6 is 0 Å². The quantitative estimate of drug-likeness (QED) is 0.747. The van der Waals surface area contributed by atoms with Crippen LogP contribution in [0, 0.1) is 5.92 Å². The molecule has 0 heterocycles. The third kappa shape index (κ3) is 4.67. The van der Waals surface area contributed by atoms with Crippen LogP contribution in [0.25, 0.3) is 0 Å². The van der Waals surface area contributed by atoms with Crippen LogP contribution in [0.15, 0.2) is 24.3 Å². The molecule has 0 amide bonds. The Kier molecular flexibility index (Phi) is 5.33. The zero-order valence-corrected chi connectivity index (χ0v) is 10.7. The van der Waals surface area contributed by atoms with Gasteiger partial charge in [0.2, 0.25) is 0 Å².